The van der Waals surface area contributed by atoms with Crippen LogP contribution in [0.2, 0.25) is 0 Å². The van der Waals surface area contributed by atoms with Gasteiger partial charge < -0.3 is 9.47 Å². The Hall–Kier alpha value is -1.09. The number of esters is 1. The van der Waals surface area contributed by atoms with Crippen LogP contribution in [0, 0.1) is 5.41 Å². The molecule has 0 N–H and O–H groups in total. The molecule has 0 radical (unpaired) electrons. The number of ether oxygens (including phenoxy) is 2. The number of carbonyl (C=O) groups excluding carboxylic acids is 1. The van der Waals surface area contributed by atoms with Gasteiger partial charge in [0.2, 0.25) is 0 Å². The Morgan fingerprint density at radius 3 is 2.64 bits per heavy atom. The van der Waals surface area contributed by atoms with E-state index in [1.54, 1.807) is 0 Å². The molecule has 0 spiro atoms. The predicted octanol–water partition coefficient (Wildman–Crippen LogP) is 1.70. The highest BCUT2D eigenvalue weighted by Crippen LogP contribution is 2.31. The van der Waals surface area contributed by atoms with Gasteiger partial charge in [-0.3, -0.25) is 0 Å². The molecule has 3 heteroatoms. The first-order valence-corrected chi connectivity index (χ1v) is 4.70. The average molecular weight is 196 g/mol. The van der Waals surface area contributed by atoms with E-state index in [2.05, 4.69) is 20.1 Å². The van der Waals surface area contributed by atoms with E-state index in [1.807, 2.05) is 0 Å². The fourth-order valence-electron chi connectivity index (χ4n) is 1.17. The van der Waals surface area contributed by atoms with Crippen molar-refractivity contribution in [3.05, 3.63) is 24.8 Å². The van der Waals surface area contributed by atoms with Crippen LogP contribution in [0.15, 0.2) is 24.8 Å². The van der Waals surface area contributed by atoms with Gasteiger partial charge in [0.05, 0.1) is 24.2 Å². The molecule has 3 nitrogen and oxygen atoms in total. The lowest BCUT2D eigenvalue weighted by Crippen LogP contribution is -2.46. The van der Waals surface area contributed by atoms with Gasteiger partial charge in [-0.15, -0.1) is 0 Å². The zero-order valence-corrected chi connectivity index (χ0v) is 8.54. The van der Waals surface area contributed by atoms with E-state index in [4.69, 9.17) is 9.47 Å². The summed E-state index contributed by atoms with van der Waals surface area (Å²) in [5.74, 6) is -0.389. The van der Waals surface area contributed by atoms with Crippen molar-refractivity contribution in [1.29, 1.82) is 0 Å². The van der Waals surface area contributed by atoms with Gasteiger partial charge in [-0.05, 0) is 6.42 Å². The Morgan fingerprint density at radius 1 is 1.64 bits per heavy atom. The largest absolute Gasteiger partial charge is 0.461 e. The summed E-state index contributed by atoms with van der Waals surface area (Å²) in [5.41, 5.74) is 0.341. The summed E-state index contributed by atoms with van der Waals surface area (Å²) in [4.78, 5) is 11.2. The van der Waals surface area contributed by atoms with Gasteiger partial charge in [0.1, 0.15) is 6.61 Å². The van der Waals surface area contributed by atoms with Crippen LogP contribution < -0.4 is 0 Å². The van der Waals surface area contributed by atoms with Crippen molar-refractivity contribution in [1.82, 2.24) is 0 Å². The minimum atomic E-state index is -0.389. The first kappa shape index (κ1) is 11.0. The molecular formula is C11H16O3. The highest BCUT2D eigenvalue weighted by Gasteiger charge is 2.38. The third-order valence-corrected chi connectivity index (χ3v) is 2.58. The van der Waals surface area contributed by atoms with Crippen molar-refractivity contribution in [2.24, 2.45) is 5.41 Å². The second-order valence-electron chi connectivity index (χ2n) is 3.65. The molecule has 1 aliphatic heterocycles. The molecule has 1 rings (SSSR count). The smallest absolute Gasteiger partial charge is 0.337 e. The second kappa shape index (κ2) is 4.42. The van der Waals surface area contributed by atoms with E-state index < -0.39 is 0 Å². The summed E-state index contributed by atoms with van der Waals surface area (Å²) < 4.78 is 10.2. The zero-order valence-electron chi connectivity index (χ0n) is 8.54. The number of hydrogen-bond donors (Lipinski definition) is 0. The van der Waals surface area contributed by atoms with E-state index in [0.29, 0.717) is 25.4 Å². The van der Waals surface area contributed by atoms with Crippen molar-refractivity contribution in [3.8, 4) is 0 Å². The van der Waals surface area contributed by atoms with Crippen molar-refractivity contribution in [3.63, 3.8) is 0 Å². The quantitative estimate of drug-likeness (QED) is 0.381. The number of hydrogen-bond acceptors (Lipinski definition) is 3. The predicted molar refractivity (Wildman–Crippen MR) is 53.8 cm³/mol. The van der Waals surface area contributed by atoms with Crippen LogP contribution >= 0.6 is 0 Å². The molecule has 1 saturated heterocycles. The molecule has 1 heterocycles. The minimum Gasteiger partial charge on any atom is -0.461 e. The van der Waals surface area contributed by atoms with E-state index >= 15 is 0 Å². The molecule has 0 amide bonds. The molecule has 78 valence electrons. The van der Waals surface area contributed by atoms with Crippen molar-refractivity contribution in [2.75, 3.05) is 19.8 Å². The van der Waals surface area contributed by atoms with Crippen molar-refractivity contribution >= 4 is 5.97 Å². The number of carbonyl (C=O) groups is 1. The summed E-state index contributed by atoms with van der Waals surface area (Å²) in [6.45, 7) is 10.8. The first-order chi connectivity index (χ1) is 6.63. The van der Waals surface area contributed by atoms with E-state index in [1.165, 1.54) is 6.08 Å². The minimum absolute atomic E-state index is 0.0388. The summed E-state index contributed by atoms with van der Waals surface area (Å²) >= 11 is 0. The van der Waals surface area contributed by atoms with Gasteiger partial charge in [0.15, 0.2) is 0 Å². The molecule has 0 aromatic carbocycles. The molecule has 0 aromatic heterocycles. The zero-order chi connectivity index (χ0) is 10.6. The van der Waals surface area contributed by atoms with E-state index in [-0.39, 0.29) is 11.4 Å². The molecule has 0 aromatic rings. The Kier molecular flexibility index (Phi) is 3.47. The Morgan fingerprint density at radius 2 is 2.29 bits per heavy atom. The highest BCUT2D eigenvalue weighted by molar-refractivity contribution is 5.90. The lowest BCUT2D eigenvalue weighted by atomic mass is 9.84. The lowest BCUT2D eigenvalue weighted by Gasteiger charge is -2.39. The Balaban J connectivity index is 2.36. The normalized spacial score (nSPS) is 18.1. The molecule has 1 aliphatic rings. The fourth-order valence-corrected chi connectivity index (χ4v) is 1.17. The second-order valence-corrected chi connectivity index (χ2v) is 3.65. The van der Waals surface area contributed by atoms with Crippen LogP contribution in [-0.4, -0.2) is 25.8 Å². The van der Waals surface area contributed by atoms with Crippen molar-refractivity contribution in [2.45, 2.75) is 13.3 Å². The standard InChI is InChI=1S/C11H16O3/c1-4-9(3)10(12)14-8-11(5-2)6-13-7-11/h4H,1,3,5-8H2,2H3. The van der Waals surface area contributed by atoms with E-state index in [0.717, 1.165) is 6.42 Å². The molecule has 14 heavy (non-hydrogen) atoms. The Labute approximate surface area is 84.4 Å². The van der Waals surface area contributed by atoms with Crippen LogP contribution in [0.5, 0.6) is 0 Å². The summed E-state index contributed by atoms with van der Waals surface area (Å²) in [6.07, 6.45) is 2.36. The van der Waals surface area contributed by atoms with Gasteiger partial charge in [-0.2, -0.15) is 0 Å². The molecular weight excluding hydrogens is 180 g/mol. The maximum atomic E-state index is 11.2. The molecule has 1 fully saturated rings. The SMILES string of the molecule is C=CC(=C)C(=O)OCC1(CC)COC1. The third kappa shape index (κ3) is 2.23. The molecule has 0 bridgehead atoms. The molecule has 0 saturated carbocycles. The van der Waals surface area contributed by atoms with Crippen molar-refractivity contribution < 1.29 is 14.3 Å². The monoisotopic (exact) mass is 196 g/mol. The third-order valence-electron chi connectivity index (χ3n) is 2.58. The maximum absolute atomic E-state index is 11.2. The topological polar surface area (TPSA) is 35.5 Å². The van der Waals surface area contributed by atoms with Gasteiger partial charge in [-0.25, -0.2) is 4.79 Å². The average Bonchev–Trinajstić information content (AvgIpc) is 2.15. The van der Waals surface area contributed by atoms with Crippen LogP contribution in [0.4, 0.5) is 0 Å². The Bertz CT molecular complexity index is 246. The van der Waals surface area contributed by atoms with Gasteiger partial charge in [0, 0.05) is 0 Å². The summed E-state index contributed by atoms with van der Waals surface area (Å²) in [6, 6.07) is 0. The number of rotatable bonds is 5. The van der Waals surface area contributed by atoms with Gasteiger partial charge in [-0.1, -0.05) is 26.2 Å². The van der Waals surface area contributed by atoms with E-state index in [9.17, 15) is 4.79 Å². The van der Waals surface area contributed by atoms with Crippen LogP contribution in [0.1, 0.15) is 13.3 Å². The van der Waals surface area contributed by atoms with Crippen LogP contribution in [0.25, 0.3) is 0 Å². The van der Waals surface area contributed by atoms with Crippen LogP contribution in [-0.2, 0) is 14.3 Å². The van der Waals surface area contributed by atoms with Gasteiger partial charge >= 0.3 is 5.97 Å². The first-order valence-electron chi connectivity index (χ1n) is 4.70. The molecule has 0 atom stereocenters. The molecule has 0 aliphatic carbocycles. The lowest BCUT2D eigenvalue weighted by molar-refractivity contribution is -0.166. The molecule has 0 unspecified atom stereocenters. The van der Waals surface area contributed by atoms with Crippen LogP contribution in [0.3, 0.4) is 0 Å². The van der Waals surface area contributed by atoms with Gasteiger partial charge in [0.25, 0.3) is 0 Å². The maximum Gasteiger partial charge on any atom is 0.337 e. The fraction of sp³-hybridized carbons (Fsp3) is 0.545. The summed E-state index contributed by atoms with van der Waals surface area (Å²) in [7, 11) is 0. The highest BCUT2D eigenvalue weighted by atomic mass is 16.5. The summed E-state index contributed by atoms with van der Waals surface area (Å²) in [5, 5.41) is 0.